The van der Waals surface area contributed by atoms with E-state index in [1.807, 2.05) is 13.2 Å². The Hall–Kier alpha value is -1.34. The van der Waals surface area contributed by atoms with E-state index >= 15 is 0 Å². The first-order valence-corrected chi connectivity index (χ1v) is 8.12. The Morgan fingerprint density at radius 3 is 3.04 bits per heavy atom. The van der Waals surface area contributed by atoms with Crippen molar-refractivity contribution in [2.75, 3.05) is 26.3 Å². The minimum atomic E-state index is -0.0255. The first kappa shape index (κ1) is 16.5. The number of hydrogen-bond acceptors (Lipinski definition) is 5. The number of nitrogens with zero attached hydrogens (tertiary/aromatic N) is 4. The Morgan fingerprint density at radius 1 is 1.43 bits per heavy atom. The number of hydrogen-bond donors (Lipinski definition) is 0. The third-order valence-electron chi connectivity index (χ3n) is 3.60. The van der Waals surface area contributed by atoms with Crippen molar-refractivity contribution >= 4 is 23.2 Å². The molecule has 3 rings (SSSR count). The molecule has 1 fully saturated rings. The average Bonchev–Trinajstić information content (AvgIpc) is 2.84. The summed E-state index contributed by atoms with van der Waals surface area (Å²) in [4.78, 5) is 6.25. The Bertz CT molecular complexity index is 665. The van der Waals surface area contributed by atoms with E-state index in [2.05, 4.69) is 15.0 Å². The normalized spacial score (nSPS) is 19.0. The molecule has 0 bridgehead atoms. The molecule has 0 aromatic carbocycles. The fourth-order valence-corrected chi connectivity index (χ4v) is 2.92. The van der Waals surface area contributed by atoms with Crippen LogP contribution in [0.2, 0.25) is 10.2 Å². The van der Waals surface area contributed by atoms with E-state index < -0.39 is 0 Å². The fraction of sp³-hybridized carbons (Fsp3) is 0.467. The predicted molar refractivity (Wildman–Crippen MR) is 88.0 cm³/mol. The van der Waals surface area contributed by atoms with Crippen molar-refractivity contribution < 1.29 is 9.47 Å². The van der Waals surface area contributed by atoms with E-state index in [4.69, 9.17) is 32.7 Å². The van der Waals surface area contributed by atoms with Crippen molar-refractivity contribution in [3.8, 4) is 5.75 Å². The molecular formula is C15H18Cl2N4O2. The highest BCUT2D eigenvalue weighted by molar-refractivity contribution is 6.31. The lowest BCUT2D eigenvalue weighted by molar-refractivity contribution is -0.0507. The van der Waals surface area contributed by atoms with Gasteiger partial charge in [-0.05, 0) is 12.1 Å². The number of ether oxygens (including phenoxy) is 2. The molecule has 6 nitrogen and oxygen atoms in total. The predicted octanol–water partition coefficient (Wildman–Crippen LogP) is 2.40. The molecule has 2 aromatic heterocycles. The van der Waals surface area contributed by atoms with E-state index in [-0.39, 0.29) is 6.10 Å². The fourth-order valence-electron chi connectivity index (χ4n) is 2.51. The van der Waals surface area contributed by atoms with Crippen molar-refractivity contribution in [3.05, 3.63) is 40.4 Å². The van der Waals surface area contributed by atoms with E-state index in [1.165, 1.54) is 0 Å². The monoisotopic (exact) mass is 356 g/mol. The standard InChI is InChI=1S/C15H18Cl2N4O2/c1-20-8-12(16)13(19-20)9-21-5-6-22-11(7-21)10-23-14-3-2-4-18-15(14)17/h2-4,8,11H,5-7,9-10H2,1H3. The number of morpholine rings is 1. The molecule has 1 saturated heterocycles. The van der Waals surface area contributed by atoms with Gasteiger partial charge in [-0.3, -0.25) is 9.58 Å². The van der Waals surface area contributed by atoms with E-state index in [0.717, 1.165) is 18.8 Å². The van der Waals surface area contributed by atoms with Crippen molar-refractivity contribution in [1.29, 1.82) is 0 Å². The molecule has 124 valence electrons. The second-order valence-corrected chi connectivity index (χ2v) is 6.19. The van der Waals surface area contributed by atoms with Gasteiger partial charge >= 0.3 is 0 Å². The summed E-state index contributed by atoms with van der Waals surface area (Å²) in [7, 11) is 1.86. The largest absolute Gasteiger partial charge is 0.488 e. The second-order valence-electron chi connectivity index (χ2n) is 5.43. The molecule has 1 unspecified atom stereocenters. The molecule has 0 saturated carbocycles. The van der Waals surface area contributed by atoms with Gasteiger partial charge in [0.25, 0.3) is 0 Å². The zero-order chi connectivity index (χ0) is 16.2. The lowest BCUT2D eigenvalue weighted by Crippen LogP contribution is -2.44. The van der Waals surface area contributed by atoms with Crippen molar-refractivity contribution in [1.82, 2.24) is 19.7 Å². The van der Waals surface area contributed by atoms with Crippen LogP contribution in [0, 0.1) is 0 Å². The highest BCUT2D eigenvalue weighted by Gasteiger charge is 2.23. The molecule has 2 aromatic rings. The molecule has 1 atom stereocenters. The third kappa shape index (κ3) is 4.35. The van der Waals surface area contributed by atoms with Crippen LogP contribution in [-0.2, 0) is 18.3 Å². The summed E-state index contributed by atoms with van der Waals surface area (Å²) in [5.41, 5.74) is 0.881. The minimum Gasteiger partial charge on any atom is -0.488 e. The molecule has 0 aliphatic carbocycles. The number of aromatic nitrogens is 3. The van der Waals surface area contributed by atoms with E-state index in [9.17, 15) is 0 Å². The summed E-state index contributed by atoms with van der Waals surface area (Å²) in [5, 5.41) is 5.43. The molecule has 3 heterocycles. The molecule has 8 heteroatoms. The Balaban J connectivity index is 1.54. The van der Waals surface area contributed by atoms with Gasteiger partial charge in [0.15, 0.2) is 10.9 Å². The first-order chi connectivity index (χ1) is 11.1. The van der Waals surface area contributed by atoms with Crippen LogP contribution in [0.5, 0.6) is 5.75 Å². The van der Waals surface area contributed by atoms with E-state index in [0.29, 0.717) is 35.7 Å². The van der Waals surface area contributed by atoms with Gasteiger partial charge in [-0.2, -0.15) is 5.10 Å². The molecule has 0 N–H and O–H groups in total. The number of rotatable bonds is 5. The van der Waals surface area contributed by atoms with Crippen LogP contribution in [0.4, 0.5) is 0 Å². The van der Waals surface area contributed by atoms with Crippen LogP contribution in [0.1, 0.15) is 5.69 Å². The third-order valence-corrected chi connectivity index (χ3v) is 4.20. The molecular weight excluding hydrogens is 339 g/mol. The van der Waals surface area contributed by atoms with Gasteiger partial charge < -0.3 is 9.47 Å². The van der Waals surface area contributed by atoms with Crippen molar-refractivity contribution in [2.24, 2.45) is 7.05 Å². The lowest BCUT2D eigenvalue weighted by Gasteiger charge is -2.32. The first-order valence-electron chi connectivity index (χ1n) is 7.37. The van der Waals surface area contributed by atoms with Gasteiger partial charge in [0.05, 0.1) is 17.3 Å². The van der Waals surface area contributed by atoms with Gasteiger partial charge in [0.1, 0.15) is 12.7 Å². The van der Waals surface area contributed by atoms with Gasteiger partial charge in [-0.25, -0.2) is 4.98 Å². The van der Waals surface area contributed by atoms with Crippen LogP contribution in [0.25, 0.3) is 0 Å². The van der Waals surface area contributed by atoms with Crippen LogP contribution in [0.15, 0.2) is 24.5 Å². The van der Waals surface area contributed by atoms with Crippen molar-refractivity contribution in [2.45, 2.75) is 12.6 Å². The zero-order valence-electron chi connectivity index (χ0n) is 12.8. The molecule has 0 radical (unpaired) electrons. The van der Waals surface area contributed by atoms with Crippen LogP contribution < -0.4 is 4.74 Å². The van der Waals surface area contributed by atoms with Gasteiger partial charge in [0, 0.05) is 39.1 Å². The number of pyridine rings is 1. The maximum atomic E-state index is 6.17. The van der Waals surface area contributed by atoms with Gasteiger partial charge in [-0.15, -0.1) is 0 Å². The molecule has 1 aliphatic heterocycles. The summed E-state index contributed by atoms with van der Waals surface area (Å²) in [6, 6.07) is 3.59. The Kier molecular flexibility index (Phi) is 5.38. The smallest absolute Gasteiger partial charge is 0.171 e. The van der Waals surface area contributed by atoms with Crippen molar-refractivity contribution in [3.63, 3.8) is 0 Å². The highest BCUT2D eigenvalue weighted by atomic mass is 35.5. The van der Waals surface area contributed by atoms with Crippen LogP contribution >= 0.6 is 23.2 Å². The average molecular weight is 357 g/mol. The van der Waals surface area contributed by atoms with Gasteiger partial charge in [-0.1, -0.05) is 23.2 Å². The minimum absolute atomic E-state index is 0.0255. The summed E-state index contributed by atoms with van der Waals surface area (Å²) < 4.78 is 13.2. The second kappa shape index (κ2) is 7.49. The van der Waals surface area contributed by atoms with E-state index in [1.54, 1.807) is 23.0 Å². The van der Waals surface area contributed by atoms with Crippen LogP contribution in [-0.4, -0.2) is 52.1 Å². The molecule has 1 aliphatic rings. The summed E-state index contributed by atoms with van der Waals surface area (Å²) in [5.74, 6) is 0.572. The zero-order valence-corrected chi connectivity index (χ0v) is 14.3. The molecule has 0 spiro atoms. The topological polar surface area (TPSA) is 52.4 Å². The molecule has 0 amide bonds. The van der Waals surface area contributed by atoms with Crippen LogP contribution in [0.3, 0.4) is 0 Å². The number of halogens is 2. The maximum absolute atomic E-state index is 6.17. The summed E-state index contributed by atoms with van der Waals surface area (Å²) in [6.07, 6.45) is 3.41. The lowest BCUT2D eigenvalue weighted by atomic mass is 10.2. The highest BCUT2D eigenvalue weighted by Crippen LogP contribution is 2.21. The quantitative estimate of drug-likeness (QED) is 0.770. The number of aryl methyl sites for hydroxylation is 1. The van der Waals surface area contributed by atoms with Gasteiger partial charge in [0.2, 0.25) is 0 Å². The molecule has 23 heavy (non-hydrogen) atoms. The summed E-state index contributed by atoms with van der Waals surface area (Å²) >= 11 is 12.2. The Morgan fingerprint density at radius 2 is 2.30 bits per heavy atom. The SMILES string of the molecule is Cn1cc(Cl)c(CN2CCOC(COc3cccnc3Cl)C2)n1. The summed E-state index contributed by atoms with van der Waals surface area (Å²) in [6.45, 7) is 3.38. The Labute approximate surface area is 144 Å². The maximum Gasteiger partial charge on any atom is 0.171 e.